The van der Waals surface area contributed by atoms with E-state index in [1.807, 2.05) is 4.90 Å². The first-order valence-corrected chi connectivity index (χ1v) is 8.70. The number of aliphatic carboxylic acids is 1. The Morgan fingerprint density at radius 1 is 1.38 bits per heavy atom. The zero-order chi connectivity index (χ0) is 17.3. The molecule has 1 aromatic rings. The van der Waals surface area contributed by atoms with Gasteiger partial charge in [0.15, 0.2) is 0 Å². The second-order valence-electron chi connectivity index (χ2n) is 5.57. The number of anilines is 1. The Labute approximate surface area is 148 Å². The molecule has 2 aliphatic rings. The maximum absolute atomic E-state index is 14.3. The van der Waals surface area contributed by atoms with Crippen molar-refractivity contribution in [2.45, 2.75) is 12.8 Å². The third-order valence-corrected chi connectivity index (χ3v) is 5.26. The summed E-state index contributed by atoms with van der Waals surface area (Å²) in [5.41, 5.74) is 1.12. The van der Waals surface area contributed by atoms with Crippen molar-refractivity contribution in [1.29, 1.82) is 0 Å². The van der Waals surface area contributed by atoms with Gasteiger partial charge >= 0.3 is 5.97 Å². The van der Waals surface area contributed by atoms with Gasteiger partial charge in [-0.3, -0.25) is 14.5 Å². The molecule has 0 unspecified atom stereocenters. The van der Waals surface area contributed by atoms with Gasteiger partial charge in [-0.25, -0.2) is 4.39 Å². The molecule has 0 saturated carbocycles. The predicted octanol–water partition coefficient (Wildman–Crippen LogP) is 2.71. The minimum Gasteiger partial charge on any atom is -0.480 e. The molecule has 0 spiro atoms. The molecule has 2 heterocycles. The zero-order valence-corrected chi connectivity index (χ0v) is 14.3. The quantitative estimate of drug-likeness (QED) is 0.653. The maximum atomic E-state index is 14.3. The number of nitrogens with zero attached hydrogens (tertiary/aromatic N) is 2. The molecule has 2 saturated heterocycles. The Morgan fingerprint density at radius 2 is 2.08 bits per heavy atom. The van der Waals surface area contributed by atoms with Crippen molar-refractivity contribution >= 4 is 51.9 Å². The number of halogens is 1. The van der Waals surface area contributed by atoms with Gasteiger partial charge in [-0.05, 0) is 36.6 Å². The summed E-state index contributed by atoms with van der Waals surface area (Å²) in [6, 6.07) is 4.85. The van der Waals surface area contributed by atoms with E-state index >= 15 is 0 Å². The van der Waals surface area contributed by atoms with E-state index in [0.29, 0.717) is 16.2 Å². The largest absolute Gasteiger partial charge is 0.480 e. The van der Waals surface area contributed by atoms with Crippen LogP contribution in [0.2, 0.25) is 0 Å². The Balaban J connectivity index is 1.81. The lowest BCUT2D eigenvalue weighted by Gasteiger charge is -2.18. The molecular weight excluding hydrogens is 351 g/mol. The van der Waals surface area contributed by atoms with Crippen LogP contribution in [0.15, 0.2) is 23.1 Å². The fraction of sp³-hybridized carbons (Fsp3) is 0.312. The highest BCUT2D eigenvalue weighted by Gasteiger charge is 2.33. The van der Waals surface area contributed by atoms with Gasteiger partial charge in [0.05, 0.1) is 10.6 Å². The fourth-order valence-electron chi connectivity index (χ4n) is 2.75. The van der Waals surface area contributed by atoms with E-state index < -0.39 is 18.4 Å². The highest BCUT2D eigenvalue weighted by Crippen LogP contribution is 2.33. The van der Waals surface area contributed by atoms with Crippen LogP contribution in [0.1, 0.15) is 18.4 Å². The van der Waals surface area contributed by atoms with Gasteiger partial charge in [-0.15, -0.1) is 0 Å². The number of carboxylic acids is 1. The first-order valence-electron chi connectivity index (χ1n) is 7.47. The van der Waals surface area contributed by atoms with E-state index in [1.54, 1.807) is 12.1 Å². The van der Waals surface area contributed by atoms with Crippen LogP contribution in [-0.2, 0) is 9.59 Å². The van der Waals surface area contributed by atoms with Crippen molar-refractivity contribution in [2.24, 2.45) is 0 Å². The van der Waals surface area contributed by atoms with Crippen LogP contribution in [0.5, 0.6) is 0 Å². The van der Waals surface area contributed by atoms with Gasteiger partial charge in [0, 0.05) is 13.1 Å². The minimum absolute atomic E-state index is 0.197. The third kappa shape index (κ3) is 3.44. The van der Waals surface area contributed by atoms with Crippen molar-refractivity contribution < 1.29 is 19.1 Å². The number of thiocarbonyl (C=S) groups is 1. The first kappa shape index (κ1) is 16.9. The zero-order valence-electron chi connectivity index (χ0n) is 12.7. The normalized spacial score (nSPS) is 19.6. The molecule has 8 heteroatoms. The second-order valence-corrected chi connectivity index (χ2v) is 7.24. The predicted molar refractivity (Wildman–Crippen MR) is 95.4 cm³/mol. The summed E-state index contributed by atoms with van der Waals surface area (Å²) in [5, 5.41) is 8.82. The molecule has 1 N–H and O–H groups in total. The third-order valence-electron chi connectivity index (χ3n) is 3.88. The summed E-state index contributed by atoms with van der Waals surface area (Å²) >= 11 is 6.06. The molecule has 24 heavy (non-hydrogen) atoms. The molecule has 5 nitrogen and oxygen atoms in total. The number of amides is 1. The average Bonchev–Trinajstić information content (AvgIpc) is 3.12. The fourth-order valence-corrected chi connectivity index (χ4v) is 4.01. The number of carboxylic acid groups (broad SMARTS) is 1. The second kappa shape index (κ2) is 6.90. The van der Waals surface area contributed by atoms with Crippen LogP contribution in [-0.4, -0.2) is 45.8 Å². The highest BCUT2D eigenvalue weighted by molar-refractivity contribution is 8.26. The lowest BCUT2D eigenvalue weighted by atomic mass is 10.1. The van der Waals surface area contributed by atoms with Crippen LogP contribution in [0.4, 0.5) is 10.1 Å². The summed E-state index contributed by atoms with van der Waals surface area (Å²) in [6.45, 7) is 1.23. The van der Waals surface area contributed by atoms with Crippen LogP contribution in [0.3, 0.4) is 0 Å². The number of hydrogen-bond acceptors (Lipinski definition) is 5. The van der Waals surface area contributed by atoms with E-state index in [0.717, 1.165) is 42.6 Å². The van der Waals surface area contributed by atoms with E-state index in [-0.39, 0.29) is 10.1 Å². The molecule has 1 aromatic carbocycles. The number of carbonyl (C=O) groups excluding carboxylic acids is 1. The van der Waals surface area contributed by atoms with E-state index in [4.69, 9.17) is 17.3 Å². The van der Waals surface area contributed by atoms with Crippen LogP contribution in [0.25, 0.3) is 6.08 Å². The molecule has 3 rings (SSSR count). The Hall–Kier alpha value is -1.93. The van der Waals surface area contributed by atoms with Gasteiger partial charge in [-0.2, -0.15) is 0 Å². The molecule has 1 amide bonds. The Morgan fingerprint density at radius 3 is 2.71 bits per heavy atom. The molecule has 2 aliphatic heterocycles. The number of thioether (sulfide) groups is 1. The smallest absolute Gasteiger partial charge is 0.323 e. The van der Waals surface area contributed by atoms with Gasteiger partial charge in [-0.1, -0.05) is 30.0 Å². The Bertz CT molecular complexity index is 745. The average molecular weight is 366 g/mol. The maximum Gasteiger partial charge on any atom is 0.323 e. The van der Waals surface area contributed by atoms with Crippen molar-refractivity contribution in [3.8, 4) is 0 Å². The van der Waals surface area contributed by atoms with Crippen molar-refractivity contribution in [3.05, 3.63) is 34.5 Å². The Kier molecular flexibility index (Phi) is 4.86. The van der Waals surface area contributed by atoms with Crippen LogP contribution < -0.4 is 4.90 Å². The number of carbonyl (C=O) groups is 2. The molecule has 0 aliphatic carbocycles. The minimum atomic E-state index is -1.13. The molecule has 0 atom stereocenters. The molecule has 2 fully saturated rings. The summed E-state index contributed by atoms with van der Waals surface area (Å²) in [5.74, 6) is -1.92. The molecular formula is C16H15FN2O3S2. The number of benzene rings is 1. The topological polar surface area (TPSA) is 60.9 Å². The van der Waals surface area contributed by atoms with Crippen LogP contribution >= 0.6 is 24.0 Å². The number of rotatable bonds is 4. The highest BCUT2D eigenvalue weighted by atomic mass is 32.2. The molecule has 126 valence electrons. The van der Waals surface area contributed by atoms with Gasteiger partial charge in [0.1, 0.15) is 16.7 Å². The monoisotopic (exact) mass is 366 g/mol. The van der Waals surface area contributed by atoms with E-state index in [9.17, 15) is 14.0 Å². The molecule has 0 aromatic heterocycles. The van der Waals surface area contributed by atoms with E-state index in [1.165, 1.54) is 12.1 Å². The summed E-state index contributed by atoms with van der Waals surface area (Å²) in [7, 11) is 0. The van der Waals surface area contributed by atoms with Crippen molar-refractivity contribution in [2.75, 3.05) is 24.5 Å². The van der Waals surface area contributed by atoms with Gasteiger partial charge < -0.3 is 10.0 Å². The lowest BCUT2D eigenvalue weighted by Crippen LogP contribution is -2.33. The lowest BCUT2D eigenvalue weighted by molar-refractivity contribution is -0.140. The van der Waals surface area contributed by atoms with E-state index in [2.05, 4.69) is 0 Å². The van der Waals surface area contributed by atoms with Crippen LogP contribution in [0, 0.1) is 5.82 Å². The summed E-state index contributed by atoms with van der Waals surface area (Å²) in [6.07, 6.45) is 3.67. The van der Waals surface area contributed by atoms with Gasteiger partial charge in [0.2, 0.25) is 0 Å². The van der Waals surface area contributed by atoms with Crippen molar-refractivity contribution in [3.63, 3.8) is 0 Å². The standard InChI is InChI=1S/C16H15FN2O3S2/c17-11-7-10(3-4-12(11)18-5-1-2-6-18)8-13-15(22)19(9-14(20)21)16(23)24-13/h3-4,7-8H,1-2,5-6,9H2,(H,20,21)/b13-8+. The molecule has 0 radical (unpaired) electrons. The number of hydrogen-bond donors (Lipinski definition) is 1. The summed E-state index contributed by atoms with van der Waals surface area (Å²) in [4.78, 5) is 26.3. The first-order chi connectivity index (χ1) is 11.5. The van der Waals surface area contributed by atoms with Gasteiger partial charge in [0.25, 0.3) is 5.91 Å². The summed E-state index contributed by atoms with van der Waals surface area (Å²) < 4.78 is 14.5. The van der Waals surface area contributed by atoms with Crippen molar-refractivity contribution in [1.82, 2.24) is 4.90 Å². The molecule has 0 bridgehead atoms. The SMILES string of the molecule is O=C(O)CN1C(=O)/C(=C\c2ccc(N3CCCC3)c(F)c2)SC1=S.